The summed E-state index contributed by atoms with van der Waals surface area (Å²) in [7, 11) is 0. The average Bonchev–Trinajstić information content (AvgIpc) is 3.24. The summed E-state index contributed by atoms with van der Waals surface area (Å²) < 4.78 is 0. The van der Waals surface area contributed by atoms with Crippen molar-refractivity contribution in [1.82, 2.24) is 10.2 Å². The van der Waals surface area contributed by atoms with E-state index in [-0.39, 0.29) is 17.7 Å². The number of hydrogen-bond donors (Lipinski definition) is 1. The second kappa shape index (κ2) is 4.66. The van der Waals surface area contributed by atoms with Gasteiger partial charge in [0.1, 0.15) is 6.04 Å². The van der Waals surface area contributed by atoms with Crippen LogP contribution in [0.5, 0.6) is 0 Å². The van der Waals surface area contributed by atoms with Gasteiger partial charge in [0, 0.05) is 18.5 Å². The molecule has 5 nitrogen and oxygen atoms in total. The van der Waals surface area contributed by atoms with Crippen LogP contribution in [-0.4, -0.2) is 28.7 Å². The van der Waals surface area contributed by atoms with Crippen molar-refractivity contribution in [1.29, 1.82) is 0 Å². The first-order chi connectivity index (χ1) is 10.6. The molecule has 5 heteroatoms. The predicted octanol–water partition coefficient (Wildman–Crippen LogP) is 1.63. The molecule has 1 N–H and O–H groups in total. The molecule has 1 unspecified atom stereocenters. The van der Waals surface area contributed by atoms with Gasteiger partial charge < -0.3 is 4.90 Å². The van der Waals surface area contributed by atoms with Gasteiger partial charge in [-0.05, 0) is 48.8 Å². The Kier molecular flexibility index (Phi) is 2.86. The monoisotopic (exact) mass is 298 g/mol. The maximum Gasteiger partial charge on any atom is 0.255 e. The van der Waals surface area contributed by atoms with Gasteiger partial charge in [0.25, 0.3) is 5.91 Å². The van der Waals surface area contributed by atoms with Crippen LogP contribution in [0.2, 0.25) is 0 Å². The molecule has 1 aromatic rings. The third-order valence-corrected chi connectivity index (χ3v) is 4.96. The lowest BCUT2D eigenvalue weighted by molar-refractivity contribution is -0.136. The van der Waals surface area contributed by atoms with Crippen LogP contribution >= 0.6 is 0 Å². The summed E-state index contributed by atoms with van der Waals surface area (Å²) >= 11 is 0. The number of amides is 3. The van der Waals surface area contributed by atoms with Crippen molar-refractivity contribution in [3.63, 3.8) is 0 Å². The number of fused-ring (bicyclic) bond motifs is 1. The first-order valence-corrected chi connectivity index (χ1v) is 7.83. The van der Waals surface area contributed by atoms with Gasteiger partial charge in [-0.3, -0.25) is 19.7 Å². The molecule has 2 fully saturated rings. The molecule has 3 amide bonds. The van der Waals surface area contributed by atoms with Crippen molar-refractivity contribution in [3.8, 4) is 0 Å². The predicted molar refractivity (Wildman–Crippen MR) is 79.2 cm³/mol. The summed E-state index contributed by atoms with van der Waals surface area (Å²) in [5, 5.41) is 2.35. The number of rotatable bonds is 2. The largest absolute Gasteiger partial charge is 0.322 e. The Labute approximate surface area is 128 Å². The molecular formula is C17H18N2O3. The van der Waals surface area contributed by atoms with Gasteiger partial charge in [0.2, 0.25) is 11.8 Å². The van der Waals surface area contributed by atoms with Crippen molar-refractivity contribution >= 4 is 17.7 Å². The van der Waals surface area contributed by atoms with E-state index < -0.39 is 6.04 Å². The third kappa shape index (κ3) is 1.95. The van der Waals surface area contributed by atoms with Gasteiger partial charge in [0.05, 0.1) is 0 Å². The molecule has 2 heterocycles. The Balaban J connectivity index is 1.69. The van der Waals surface area contributed by atoms with E-state index in [0.717, 1.165) is 16.7 Å². The highest BCUT2D eigenvalue weighted by Crippen LogP contribution is 2.45. The van der Waals surface area contributed by atoms with Crippen LogP contribution < -0.4 is 5.32 Å². The molecule has 0 spiro atoms. The standard InChI is InChI=1S/C17H18N2O3/c1-9-2-5-11(10-3-4-10)12-8-19(17(22)15(9)12)13-6-7-14(20)18-16(13)21/h2,5,10,13H,3-4,6-8H2,1H3,(H,18,20,21). The normalized spacial score (nSPS) is 24.5. The molecular weight excluding hydrogens is 280 g/mol. The van der Waals surface area contributed by atoms with Gasteiger partial charge in [-0.1, -0.05) is 12.1 Å². The molecule has 3 aliphatic rings. The van der Waals surface area contributed by atoms with Gasteiger partial charge in [0.15, 0.2) is 0 Å². The van der Waals surface area contributed by atoms with E-state index in [1.165, 1.54) is 18.4 Å². The number of carbonyl (C=O) groups is 3. The number of benzene rings is 1. The Hall–Kier alpha value is -2.17. The number of imide groups is 1. The van der Waals surface area contributed by atoms with Crippen LogP contribution in [0.15, 0.2) is 12.1 Å². The minimum absolute atomic E-state index is 0.0653. The molecule has 2 aliphatic heterocycles. The van der Waals surface area contributed by atoms with Crippen molar-refractivity contribution in [2.24, 2.45) is 0 Å². The van der Waals surface area contributed by atoms with Crippen LogP contribution in [0.4, 0.5) is 0 Å². The van der Waals surface area contributed by atoms with E-state index in [2.05, 4.69) is 11.4 Å². The smallest absolute Gasteiger partial charge is 0.255 e. The molecule has 114 valence electrons. The molecule has 22 heavy (non-hydrogen) atoms. The zero-order chi connectivity index (χ0) is 15.4. The molecule has 1 aromatic carbocycles. The quantitative estimate of drug-likeness (QED) is 0.844. The van der Waals surface area contributed by atoms with Crippen LogP contribution in [0.3, 0.4) is 0 Å². The molecule has 1 saturated heterocycles. The van der Waals surface area contributed by atoms with Crippen LogP contribution in [0.1, 0.15) is 58.6 Å². The second-order valence-electron chi connectivity index (χ2n) is 6.50. The lowest BCUT2D eigenvalue weighted by Crippen LogP contribution is -2.52. The van der Waals surface area contributed by atoms with E-state index >= 15 is 0 Å². The number of nitrogens with zero attached hydrogens (tertiary/aromatic N) is 1. The maximum atomic E-state index is 12.8. The van der Waals surface area contributed by atoms with Crippen LogP contribution in [0.25, 0.3) is 0 Å². The van der Waals surface area contributed by atoms with Gasteiger partial charge in [-0.15, -0.1) is 0 Å². The summed E-state index contributed by atoms with van der Waals surface area (Å²) in [5.74, 6) is -0.0864. The first-order valence-electron chi connectivity index (χ1n) is 7.83. The first kappa shape index (κ1) is 13.5. The molecule has 0 aromatic heterocycles. The van der Waals surface area contributed by atoms with E-state index in [0.29, 0.717) is 25.3 Å². The molecule has 0 radical (unpaired) electrons. The SMILES string of the molecule is Cc1ccc(C2CC2)c2c1C(=O)N(C1CCC(=O)NC1=O)C2. The number of nitrogens with one attached hydrogen (secondary N) is 1. The van der Waals surface area contributed by atoms with Crippen molar-refractivity contribution in [2.75, 3.05) is 0 Å². The van der Waals surface area contributed by atoms with E-state index in [1.807, 2.05) is 13.0 Å². The van der Waals surface area contributed by atoms with Crippen LogP contribution in [0, 0.1) is 6.92 Å². The summed E-state index contributed by atoms with van der Waals surface area (Å²) in [5.41, 5.74) is 4.11. The van der Waals surface area contributed by atoms with E-state index in [4.69, 9.17) is 0 Å². The molecule has 1 atom stereocenters. The molecule has 1 aliphatic carbocycles. The number of piperidine rings is 1. The molecule has 1 saturated carbocycles. The number of carbonyl (C=O) groups excluding carboxylic acids is 3. The lowest BCUT2D eigenvalue weighted by Gasteiger charge is -2.29. The summed E-state index contributed by atoms with van der Waals surface area (Å²) in [6, 6.07) is 3.62. The highest BCUT2D eigenvalue weighted by molar-refractivity contribution is 6.06. The number of hydrogen-bond acceptors (Lipinski definition) is 3. The van der Waals surface area contributed by atoms with E-state index in [1.54, 1.807) is 4.90 Å². The zero-order valence-corrected chi connectivity index (χ0v) is 12.5. The third-order valence-electron chi connectivity index (χ3n) is 4.96. The Morgan fingerprint density at radius 3 is 2.59 bits per heavy atom. The van der Waals surface area contributed by atoms with E-state index in [9.17, 15) is 14.4 Å². The van der Waals surface area contributed by atoms with Gasteiger partial charge >= 0.3 is 0 Å². The lowest BCUT2D eigenvalue weighted by atomic mass is 9.96. The Morgan fingerprint density at radius 2 is 1.91 bits per heavy atom. The summed E-state index contributed by atoms with van der Waals surface area (Å²) in [4.78, 5) is 37.8. The fraction of sp³-hybridized carbons (Fsp3) is 0.471. The summed E-state index contributed by atoms with van der Waals surface area (Å²) in [6.45, 7) is 2.44. The Morgan fingerprint density at radius 1 is 1.14 bits per heavy atom. The Bertz CT molecular complexity index is 706. The maximum absolute atomic E-state index is 12.8. The minimum atomic E-state index is -0.524. The highest BCUT2D eigenvalue weighted by Gasteiger charge is 2.41. The van der Waals surface area contributed by atoms with Crippen molar-refractivity contribution in [3.05, 3.63) is 34.4 Å². The van der Waals surface area contributed by atoms with Crippen molar-refractivity contribution < 1.29 is 14.4 Å². The van der Waals surface area contributed by atoms with Crippen molar-refractivity contribution in [2.45, 2.75) is 51.1 Å². The summed E-state index contributed by atoms with van der Waals surface area (Å²) in [6.07, 6.45) is 3.08. The average molecular weight is 298 g/mol. The minimum Gasteiger partial charge on any atom is -0.322 e. The van der Waals surface area contributed by atoms with Gasteiger partial charge in [-0.2, -0.15) is 0 Å². The molecule has 0 bridgehead atoms. The zero-order valence-electron chi connectivity index (χ0n) is 12.5. The topological polar surface area (TPSA) is 66.5 Å². The molecule has 4 rings (SSSR count). The number of aryl methyl sites for hydroxylation is 1. The fourth-order valence-electron chi connectivity index (χ4n) is 3.64. The van der Waals surface area contributed by atoms with Gasteiger partial charge in [-0.25, -0.2) is 0 Å². The fourth-order valence-corrected chi connectivity index (χ4v) is 3.64. The van der Waals surface area contributed by atoms with Crippen LogP contribution in [-0.2, 0) is 16.1 Å². The second-order valence-corrected chi connectivity index (χ2v) is 6.50. The highest BCUT2D eigenvalue weighted by atomic mass is 16.2.